The van der Waals surface area contributed by atoms with Crippen LogP contribution in [0.2, 0.25) is 10.0 Å². The summed E-state index contributed by atoms with van der Waals surface area (Å²) in [7, 11) is 0. The first-order valence-electron chi connectivity index (χ1n) is 4.28. The zero-order chi connectivity index (χ0) is 10.8. The van der Waals surface area contributed by atoms with Gasteiger partial charge in [0.2, 0.25) is 0 Å². The molecule has 0 aliphatic rings. The van der Waals surface area contributed by atoms with E-state index in [9.17, 15) is 5.11 Å². The van der Waals surface area contributed by atoms with Crippen LogP contribution < -0.4 is 0 Å². The predicted molar refractivity (Wildman–Crippen MR) is 68.5 cm³/mol. The molecule has 5 heteroatoms. The van der Waals surface area contributed by atoms with Gasteiger partial charge in [-0.15, -0.1) is 0 Å². The molecule has 0 aliphatic heterocycles. The number of aromatic hydroxyl groups is 1. The molecule has 0 amide bonds. The van der Waals surface area contributed by atoms with Gasteiger partial charge in [0.1, 0.15) is 5.75 Å². The molecule has 1 heterocycles. The number of hydrogen-bond acceptors (Lipinski definition) is 2. The van der Waals surface area contributed by atoms with Gasteiger partial charge in [-0.05, 0) is 18.2 Å². The first-order chi connectivity index (χ1) is 7.18. The van der Waals surface area contributed by atoms with Crippen LogP contribution >= 0.6 is 23.2 Å². The molecule has 1 aromatic carbocycles. The summed E-state index contributed by atoms with van der Waals surface area (Å²) in [6.07, 6.45) is 1.50. The van der Waals surface area contributed by atoms with Gasteiger partial charge in [0.05, 0.1) is 15.7 Å². The summed E-state index contributed by atoms with van der Waals surface area (Å²) in [5.41, 5.74) is 1.12. The fraction of sp³-hybridized carbons (Fsp3) is 0. The molecule has 78 valence electrons. The molecule has 0 fully saturated rings. The standard InChI is InChI=1S/C11H7Cl2NO.Na.H/c12-7-5-9(13)11(14-6-7)8-3-1-2-4-10(8)15;;/h1-6,15H;;. The Balaban J connectivity index is 0.00000128. The van der Waals surface area contributed by atoms with Crippen molar-refractivity contribution in [1.29, 1.82) is 0 Å². The van der Waals surface area contributed by atoms with Crippen LogP contribution in [0.4, 0.5) is 0 Å². The number of aromatic nitrogens is 1. The molecule has 0 saturated carbocycles. The van der Waals surface area contributed by atoms with Crippen molar-refractivity contribution >= 4 is 52.8 Å². The Hall–Kier alpha value is -0.250. The topological polar surface area (TPSA) is 33.1 Å². The molecule has 0 radical (unpaired) electrons. The SMILES string of the molecule is Oc1ccccc1-c1ncc(Cl)cc1Cl.[NaH]. The number of phenols is 1. The molecule has 0 spiro atoms. The van der Waals surface area contributed by atoms with E-state index < -0.39 is 0 Å². The van der Waals surface area contributed by atoms with Crippen molar-refractivity contribution in [2.24, 2.45) is 0 Å². The number of rotatable bonds is 1. The summed E-state index contributed by atoms with van der Waals surface area (Å²) in [6.45, 7) is 0. The van der Waals surface area contributed by atoms with Crippen LogP contribution in [0.5, 0.6) is 5.75 Å². The molecule has 2 rings (SSSR count). The van der Waals surface area contributed by atoms with Crippen molar-refractivity contribution < 1.29 is 5.11 Å². The van der Waals surface area contributed by atoms with Crippen molar-refractivity contribution in [3.63, 3.8) is 0 Å². The Morgan fingerprint density at radius 2 is 1.81 bits per heavy atom. The molecule has 1 aromatic heterocycles. The summed E-state index contributed by atoms with van der Waals surface area (Å²) in [5, 5.41) is 10.5. The second-order valence-corrected chi connectivity index (χ2v) is 3.84. The summed E-state index contributed by atoms with van der Waals surface area (Å²) < 4.78 is 0. The van der Waals surface area contributed by atoms with Gasteiger partial charge in [0.15, 0.2) is 0 Å². The number of para-hydroxylation sites is 1. The third-order valence-electron chi connectivity index (χ3n) is 1.97. The Bertz CT molecular complexity index is 505. The van der Waals surface area contributed by atoms with Gasteiger partial charge in [0, 0.05) is 11.8 Å². The summed E-state index contributed by atoms with van der Waals surface area (Å²) in [5.74, 6) is 0.147. The second kappa shape index (κ2) is 5.89. The first-order valence-corrected chi connectivity index (χ1v) is 5.03. The van der Waals surface area contributed by atoms with Gasteiger partial charge in [-0.2, -0.15) is 0 Å². The summed E-state index contributed by atoms with van der Waals surface area (Å²) >= 11 is 11.7. The van der Waals surface area contributed by atoms with E-state index in [-0.39, 0.29) is 35.3 Å². The van der Waals surface area contributed by atoms with Crippen LogP contribution in [-0.2, 0) is 0 Å². The van der Waals surface area contributed by atoms with Crippen molar-refractivity contribution in [2.45, 2.75) is 0 Å². The average molecular weight is 264 g/mol. The third kappa shape index (κ3) is 2.90. The zero-order valence-corrected chi connectivity index (χ0v) is 9.13. The third-order valence-corrected chi connectivity index (χ3v) is 2.46. The molecule has 0 aliphatic carbocycles. The van der Waals surface area contributed by atoms with E-state index in [1.807, 2.05) is 6.07 Å². The van der Waals surface area contributed by atoms with Crippen molar-refractivity contribution in [1.82, 2.24) is 4.98 Å². The molecule has 16 heavy (non-hydrogen) atoms. The zero-order valence-electron chi connectivity index (χ0n) is 7.61. The van der Waals surface area contributed by atoms with Crippen LogP contribution in [0, 0.1) is 0 Å². The molecular weight excluding hydrogens is 256 g/mol. The Kier molecular flexibility index (Phi) is 5.09. The van der Waals surface area contributed by atoms with E-state index in [2.05, 4.69) is 4.98 Å². The van der Waals surface area contributed by atoms with Crippen LogP contribution in [0.1, 0.15) is 0 Å². The molecule has 2 nitrogen and oxygen atoms in total. The summed E-state index contributed by atoms with van der Waals surface area (Å²) in [4.78, 5) is 4.08. The van der Waals surface area contributed by atoms with Crippen molar-refractivity contribution in [3.05, 3.63) is 46.6 Å². The molecule has 0 saturated heterocycles. The number of pyridine rings is 1. The van der Waals surface area contributed by atoms with Crippen molar-refractivity contribution in [3.8, 4) is 17.0 Å². The fourth-order valence-corrected chi connectivity index (χ4v) is 1.77. The van der Waals surface area contributed by atoms with Gasteiger partial charge < -0.3 is 5.11 Å². The Morgan fingerprint density at radius 3 is 2.44 bits per heavy atom. The number of benzene rings is 1. The maximum absolute atomic E-state index is 9.63. The fourth-order valence-electron chi connectivity index (χ4n) is 1.29. The Labute approximate surface area is 126 Å². The summed E-state index contributed by atoms with van der Waals surface area (Å²) in [6, 6.07) is 8.47. The van der Waals surface area contributed by atoms with E-state index in [0.717, 1.165) is 0 Å². The van der Waals surface area contributed by atoms with Crippen LogP contribution in [-0.4, -0.2) is 39.6 Å². The number of phenolic OH excluding ortho intramolecular Hbond substituents is 1. The minimum absolute atomic E-state index is 0. The monoisotopic (exact) mass is 263 g/mol. The number of halogens is 2. The molecule has 0 unspecified atom stereocenters. The van der Waals surface area contributed by atoms with Gasteiger partial charge in [-0.3, -0.25) is 4.98 Å². The normalized spacial score (nSPS) is 9.62. The molecular formula is C11H8Cl2NNaO. The van der Waals surface area contributed by atoms with Crippen LogP contribution in [0.15, 0.2) is 36.5 Å². The van der Waals surface area contributed by atoms with Gasteiger partial charge in [0.25, 0.3) is 0 Å². The molecule has 0 bridgehead atoms. The average Bonchev–Trinajstić information content (AvgIpc) is 2.20. The first kappa shape index (κ1) is 13.8. The molecule has 2 aromatic rings. The van der Waals surface area contributed by atoms with E-state index in [1.165, 1.54) is 6.20 Å². The predicted octanol–water partition coefficient (Wildman–Crippen LogP) is 3.11. The quantitative estimate of drug-likeness (QED) is 0.803. The van der Waals surface area contributed by atoms with Gasteiger partial charge in [-0.1, -0.05) is 35.3 Å². The molecule has 1 N–H and O–H groups in total. The number of hydrogen-bond donors (Lipinski definition) is 1. The van der Waals surface area contributed by atoms with Crippen LogP contribution in [0.3, 0.4) is 0 Å². The minimum atomic E-state index is 0. The Morgan fingerprint density at radius 1 is 1.12 bits per heavy atom. The van der Waals surface area contributed by atoms with E-state index in [4.69, 9.17) is 23.2 Å². The van der Waals surface area contributed by atoms with Crippen molar-refractivity contribution in [2.75, 3.05) is 0 Å². The van der Waals surface area contributed by atoms with E-state index in [1.54, 1.807) is 24.3 Å². The molecule has 0 atom stereocenters. The van der Waals surface area contributed by atoms with Crippen LogP contribution in [0.25, 0.3) is 11.3 Å². The van der Waals surface area contributed by atoms with E-state index >= 15 is 0 Å². The van der Waals surface area contributed by atoms with E-state index in [0.29, 0.717) is 21.3 Å². The van der Waals surface area contributed by atoms with Gasteiger partial charge in [-0.25, -0.2) is 0 Å². The second-order valence-electron chi connectivity index (χ2n) is 3.00. The maximum atomic E-state index is 9.63. The van der Waals surface area contributed by atoms with Gasteiger partial charge >= 0.3 is 29.6 Å². The number of nitrogens with zero attached hydrogens (tertiary/aromatic N) is 1.